The Bertz CT molecular complexity index is 569. The maximum atomic E-state index is 12.6. The average molecular weight is 398 g/mol. The minimum Gasteiger partial charge on any atom is -0.460 e. The third kappa shape index (κ3) is 7.35. The van der Waals surface area contributed by atoms with Gasteiger partial charge in [-0.2, -0.15) is 0 Å². The average Bonchev–Trinajstić information content (AvgIpc) is 2.62. The van der Waals surface area contributed by atoms with Gasteiger partial charge in [0.05, 0.1) is 6.10 Å². The van der Waals surface area contributed by atoms with Crippen molar-refractivity contribution in [2.75, 3.05) is 14.2 Å². The highest BCUT2D eigenvalue weighted by atomic mass is 28.4. The van der Waals surface area contributed by atoms with Gasteiger partial charge in [0.25, 0.3) is 0 Å². The van der Waals surface area contributed by atoms with Gasteiger partial charge in [0, 0.05) is 20.6 Å². The monoisotopic (exact) mass is 397 g/mol. The van der Waals surface area contributed by atoms with E-state index in [1.54, 1.807) is 14.2 Å². The van der Waals surface area contributed by atoms with E-state index in [4.69, 9.17) is 24.4 Å². The molecule has 0 saturated carbocycles. The number of hydrogen-bond acceptors (Lipinski definition) is 6. The Kier molecular flexibility index (Phi) is 9.10. The number of nitrogens with two attached hydrogens (primary N) is 1. The van der Waals surface area contributed by atoms with Gasteiger partial charge in [0.2, 0.25) is 0 Å². The fourth-order valence-electron chi connectivity index (χ4n) is 2.28. The molecule has 6 nitrogen and oxygen atoms in total. The lowest BCUT2D eigenvalue weighted by Crippen LogP contribution is -2.53. The van der Waals surface area contributed by atoms with E-state index >= 15 is 0 Å². The number of benzene rings is 1. The molecular weight excluding hydrogens is 362 g/mol. The van der Waals surface area contributed by atoms with Crippen LogP contribution in [-0.2, 0) is 30.0 Å². The molecule has 0 bridgehead atoms. The molecular formula is C20H35NO5Si. The van der Waals surface area contributed by atoms with Crippen LogP contribution in [0.3, 0.4) is 0 Å². The van der Waals surface area contributed by atoms with Crippen molar-refractivity contribution in [2.24, 2.45) is 5.73 Å². The summed E-state index contributed by atoms with van der Waals surface area (Å²) in [6.07, 6.45) is -0.715. The largest absolute Gasteiger partial charge is 0.460 e. The summed E-state index contributed by atoms with van der Waals surface area (Å²) in [5.41, 5.74) is 7.15. The van der Waals surface area contributed by atoms with Crippen LogP contribution in [0.4, 0.5) is 0 Å². The molecule has 1 aromatic rings. The van der Waals surface area contributed by atoms with Crippen molar-refractivity contribution in [3.8, 4) is 0 Å². The summed E-state index contributed by atoms with van der Waals surface area (Å²) in [6, 6.07) is 8.58. The molecule has 0 fully saturated rings. The van der Waals surface area contributed by atoms with E-state index in [1.165, 1.54) is 0 Å². The number of ether oxygens (including phenoxy) is 3. The molecule has 0 aliphatic carbocycles. The molecule has 0 radical (unpaired) electrons. The Hall–Kier alpha value is -1.25. The van der Waals surface area contributed by atoms with Crippen molar-refractivity contribution in [1.29, 1.82) is 0 Å². The summed E-state index contributed by atoms with van der Waals surface area (Å²) in [5, 5.41) is -0.0193. The molecule has 0 saturated heterocycles. The number of rotatable bonds is 10. The first kappa shape index (κ1) is 23.8. The van der Waals surface area contributed by atoms with Crippen LogP contribution in [0.2, 0.25) is 18.1 Å². The second kappa shape index (κ2) is 10.3. The molecule has 154 valence electrons. The standard InChI is InChI=1S/C20H35NO5Si/c1-20(2,3)27(6,7)26-16(13-17(23-4)24-5)18(21)19(22)25-14-15-11-9-8-10-12-15/h8-12,16-18H,13-14,21H2,1-7H3/t16-,18-/m0/s1. The minimum atomic E-state index is -2.15. The number of hydrogen-bond donors (Lipinski definition) is 1. The maximum Gasteiger partial charge on any atom is 0.325 e. The molecule has 7 heteroatoms. The normalized spacial score (nSPS) is 14.9. The predicted molar refractivity (Wildman–Crippen MR) is 109 cm³/mol. The Morgan fingerprint density at radius 2 is 1.67 bits per heavy atom. The van der Waals surface area contributed by atoms with Crippen molar-refractivity contribution >= 4 is 14.3 Å². The van der Waals surface area contributed by atoms with E-state index in [1.807, 2.05) is 30.3 Å². The van der Waals surface area contributed by atoms with Crippen molar-refractivity contribution in [1.82, 2.24) is 0 Å². The summed E-state index contributed by atoms with van der Waals surface area (Å²) in [7, 11) is 0.950. The second-order valence-corrected chi connectivity index (χ2v) is 12.9. The van der Waals surface area contributed by atoms with Gasteiger partial charge in [-0.05, 0) is 23.7 Å². The van der Waals surface area contributed by atoms with E-state index in [9.17, 15) is 4.79 Å². The van der Waals surface area contributed by atoms with Crippen molar-refractivity contribution < 1.29 is 23.4 Å². The molecule has 0 spiro atoms. The summed E-state index contributed by atoms with van der Waals surface area (Å²) in [5.74, 6) is -0.492. The van der Waals surface area contributed by atoms with Crippen molar-refractivity contribution in [3.05, 3.63) is 35.9 Å². The zero-order valence-electron chi connectivity index (χ0n) is 17.7. The van der Waals surface area contributed by atoms with Gasteiger partial charge in [0.1, 0.15) is 12.6 Å². The lowest BCUT2D eigenvalue weighted by atomic mass is 10.1. The zero-order valence-corrected chi connectivity index (χ0v) is 18.7. The number of carbonyl (C=O) groups excluding carboxylic acids is 1. The number of esters is 1. The lowest BCUT2D eigenvalue weighted by molar-refractivity contribution is -0.153. The number of methoxy groups -OCH3 is 2. The molecule has 0 heterocycles. The zero-order chi connectivity index (χ0) is 20.7. The Morgan fingerprint density at radius 3 is 2.15 bits per heavy atom. The van der Waals surface area contributed by atoms with E-state index < -0.39 is 32.7 Å². The third-order valence-electron chi connectivity index (χ3n) is 5.10. The molecule has 0 aliphatic heterocycles. The molecule has 0 unspecified atom stereocenters. The molecule has 2 N–H and O–H groups in total. The van der Waals surface area contributed by atoms with Crippen LogP contribution in [0.1, 0.15) is 32.8 Å². The molecule has 0 amide bonds. The fraction of sp³-hybridized carbons (Fsp3) is 0.650. The van der Waals surface area contributed by atoms with Crippen LogP contribution < -0.4 is 5.73 Å². The van der Waals surface area contributed by atoms with Gasteiger partial charge in [-0.25, -0.2) is 0 Å². The SMILES string of the molecule is COC(C[C@H](O[Si](C)(C)C(C)(C)C)[C@H](N)C(=O)OCc1ccccc1)OC. The smallest absolute Gasteiger partial charge is 0.325 e. The fourth-order valence-corrected chi connectivity index (χ4v) is 3.63. The van der Waals surface area contributed by atoms with Gasteiger partial charge in [-0.1, -0.05) is 51.1 Å². The van der Waals surface area contributed by atoms with Gasteiger partial charge in [0.15, 0.2) is 14.6 Å². The summed E-state index contributed by atoms with van der Waals surface area (Å²) in [6.45, 7) is 10.8. The number of carbonyl (C=O) groups is 1. The Morgan fingerprint density at radius 1 is 1.11 bits per heavy atom. The van der Waals surface area contributed by atoms with Gasteiger partial charge in [-0.15, -0.1) is 0 Å². The van der Waals surface area contributed by atoms with E-state index in [2.05, 4.69) is 33.9 Å². The van der Waals surface area contributed by atoms with Crippen LogP contribution in [0, 0.1) is 0 Å². The summed E-state index contributed by atoms with van der Waals surface area (Å²) < 4.78 is 22.4. The molecule has 2 atom stereocenters. The van der Waals surface area contributed by atoms with Crippen molar-refractivity contribution in [2.45, 2.75) is 70.4 Å². The van der Waals surface area contributed by atoms with Crippen LogP contribution >= 0.6 is 0 Å². The second-order valence-electron chi connectivity index (χ2n) is 8.17. The molecule has 0 aliphatic rings. The quantitative estimate of drug-likeness (QED) is 0.370. The van der Waals surface area contributed by atoms with Crippen LogP contribution in [0.5, 0.6) is 0 Å². The highest BCUT2D eigenvalue weighted by Gasteiger charge is 2.42. The Balaban J connectivity index is 2.87. The molecule has 1 aromatic carbocycles. The van der Waals surface area contributed by atoms with Crippen LogP contribution in [0.25, 0.3) is 0 Å². The van der Waals surface area contributed by atoms with E-state index in [0.29, 0.717) is 6.42 Å². The lowest BCUT2D eigenvalue weighted by Gasteiger charge is -2.40. The highest BCUT2D eigenvalue weighted by molar-refractivity contribution is 6.74. The molecule has 27 heavy (non-hydrogen) atoms. The highest BCUT2D eigenvalue weighted by Crippen LogP contribution is 2.38. The van der Waals surface area contributed by atoms with Gasteiger partial charge < -0.3 is 24.4 Å². The van der Waals surface area contributed by atoms with E-state index in [-0.39, 0.29) is 11.6 Å². The van der Waals surface area contributed by atoms with Crippen LogP contribution in [-0.4, -0.2) is 46.9 Å². The molecule has 1 rings (SSSR count). The maximum absolute atomic E-state index is 12.6. The Labute approximate surface area is 164 Å². The summed E-state index contributed by atoms with van der Waals surface area (Å²) in [4.78, 5) is 12.6. The first-order valence-corrected chi connectivity index (χ1v) is 12.1. The van der Waals surface area contributed by atoms with Crippen molar-refractivity contribution in [3.63, 3.8) is 0 Å². The topological polar surface area (TPSA) is 80.0 Å². The molecule has 0 aromatic heterocycles. The van der Waals surface area contributed by atoms with Gasteiger partial charge in [-0.3, -0.25) is 4.79 Å². The van der Waals surface area contributed by atoms with E-state index in [0.717, 1.165) is 5.56 Å². The summed E-state index contributed by atoms with van der Waals surface area (Å²) >= 11 is 0. The van der Waals surface area contributed by atoms with Gasteiger partial charge >= 0.3 is 5.97 Å². The first-order chi connectivity index (χ1) is 12.5. The predicted octanol–water partition coefficient (Wildman–Crippen LogP) is 3.46. The van der Waals surface area contributed by atoms with Crippen LogP contribution in [0.15, 0.2) is 30.3 Å². The third-order valence-corrected chi connectivity index (χ3v) is 9.60. The minimum absolute atomic E-state index is 0.0193. The first-order valence-electron chi connectivity index (χ1n) is 9.21.